The molecule has 0 aromatic heterocycles. The number of nitrogens with zero attached hydrogens (tertiary/aromatic N) is 1. The number of hydrogen-bond acceptors (Lipinski definition) is 5. The van der Waals surface area contributed by atoms with Crippen LogP contribution < -0.4 is 11.1 Å². The van der Waals surface area contributed by atoms with E-state index in [0.717, 1.165) is 13.0 Å². The summed E-state index contributed by atoms with van der Waals surface area (Å²) in [6.45, 7) is 1.63. The molecule has 0 unspecified atom stereocenters. The number of benzene rings is 2. The standard InChI is InChI=1S/C19H20BrN3O2/c1-23(2)9-5-8-22-14-10-13(20)17(21)16-15(14)18(24)11-6-3-4-7-12(11)19(16)25/h3-4,6-7,10,22H,5,8-9,21H2,1-2H3. The summed E-state index contributed by atoms with van der Waals surface area (Å²) in [4.78, 5) is 28.0. The Hall–Kier alpha value is -2.18. The lowest BCUT2D eigenvalue weighted by Gasteiger charge is -2.23. The highest BCUT2D eigenvalue weighted by molar-refractivity contribution is 9.10. The van der Waals surface area contributed by atoms with Crippen molar-refractivity contribution >= 4 is 38.9 Å². The second kappa shape index (κ2) is 6.98. The molecule has 0 heterocycles. The Labute approximate surface area is 155 Å². The van der Waals surface area contributed by atoms with Crippen molar-refractivity contribution in [2.75, 3.05) is 38.2 Å². The first-order valence-corrected chi connectivity index (χ1v) is 8.90. The second-order valence-electron chi connectivity index (χ2n) is 6.36. The summed E-state index contributed by atoms with van der Waals surface area (Å²) < 4.78 is 0.613. The number of nitrogen functional groups attached to an aromatic ring is 1. The number of anilines is 2. The largest absolute Gasteiger partial charge is 0.397 e. The van der Waals surface area contributed by atoms with Crippen LogP contribution in [-0.2, 0) is 0 Å². The number of carbonyl (C=O) groups excluding carboxylic acids is 2. The van der Waals surface area contributed by atoms with Gasteiger partial charge in [-0.05, 0) is 49.1 Å². The maximum atomic E-state index is 13.0. The Morgan fingerprint density at radius 1 is 1.08 bits per heavy atom. The third-order valence-electron chi connectivity index (χ3n) is 4.29. The molecule has 130 valence electrons. The molecule has 1 aliphatic rings. The lowest BCUT2D eigenvalue weighted by Crippen LogP contribution is -2.25. The van der Waals surface area contributed by atoms with Gasteiger partial charge in [-0.1, -0.05) is 24.3 Å². The SMILES string of the molecule is CN(C)CCCNc1cc(Br)c(N)c2c1C(=O)c1ccccc1C2=O. The Kier molecular flexibility index (Phi) is 4.92. The van der Waals surface area contributed by atoms with Crippen molar-refractivity contribution in [2.24, 2.45) is 0 Å². The van der Waals surface area contributed by atoms with E-state index in [9.17, 15) is 9.59 Å². The van der Waals surface area contributed by atoms with E-state index < -0.39 is 0 Å². The van der Waals surface area contributed by atoms with Gasteiger partial charge in [0.15, 0.2) is 11.6 Å². The van der Waals surface area contributed by atoms with Crippen molar-refractivity contribution in [1.82, 2.24) is 4.90 Å². The molecule has 0 saturated heterocycles. The van der Waals surface area contributed by atoms with Crippen LogP contribution in [0.5, 0.6) is 0 Å². The summed E-state index contributed by atoms with van der Waals surface area (Å²) in [6, 6.07) is 8.66. The fraction of sp³-hybridized carbons (Fsp3) is 0.263. The summed E-state index contributed by atoms with van der Waals surface area (Å²) in [5, 5.41) is 3.29. The fourth-order valence-corrected chi connectivity index (χ4v) is 3.47. The second-order valence-corrected chi connectivity index (χ2v) is 7.21. The smallest absolute Gasteiger partial charge is 0.196 e. The van der Waals surface area contributed by atoms with Gasteiger partial charge in [0.1, 0.15) is 0 Å². The lowest BCUT2D eigenvalue weighted by molar-refractivity contribution is 0.0980. The quantitative estimate of drug-likeness (QED) is 0.507. The van der Waals surface area contributed by atoms with Gasteiger partial charge in [0.25, 0.3) is 0 Å². The predicted molar refractivity (Wildman–Crippen MR) is 104 cm³/mol. The molecule has 0 fully saturated rings. The fourth-order valence-electron chi connectivity index (χ4n) is 3.04. The van der Waals surface area contributed by atoms with Gasteiger partial charge in [-0.2, -0.15) is 0 Å². The molecule has 3 N–H and O–H groups in total. The number of halogens is 1. The van der Waals surface area contributed by atoms with Crippen molar-refractivity contribution in [2.45, 2.75) is 6.42 Å². The van der Waals surface area contributed by atoms with Gasteiger partial charge in [0.05, 0.1) is 16.8 Å². The summed E-state index contributed by atoms with van der Waals surface area (Å²) in [7, 11) is 4.03. The van der Waals surface area contributed by atoms with E-state index in [-0.39, 0.29) is 17.1 Å². The molecule has 25 heavy (non-hydrogen) atoms. The van der Waals surface area contributed by atoms with Gasteiger partial charge < -0.3 is 16.0 Å². The first-order valence-electron chi connectivity index (χ1n) is 8.10. The van der Waals surface area contributed by atoms with Crippen LogP contribution in [0, 0.1) is 0 Å². The zero-order valence-electron chi connectivity index (χ0n) is 14.2. The highest BCUT2D eigenvalue weighted by Gasteiger charge is 2.34. The van der Waals surface area contributed by atoms with Crippen molar-refractivity contribution in [3.63, 3.8) is 0 Å². The molecule has 0 saturated carbocycles. The van der Waals surface area contributed by atoms with E-state index in [1.165, 1.54) is 0 Å². The normalized spacial score (nSPS) is 13.0. The van der Waals surface area contributed by atoms with Crippen LogP contribution in [0.4, 0.5) is 11.4 Å². The van der Waals surface area contributed by atoms with Crippen LogP contribution in [-0.4, -0.2) is 43.7 Å². The molecule has 0 aliphatic heterocycles. The molecule has 3 rings (SSSR count). The third-order valence-corrected chi connectivity index (χ3v) is 4.94. The van der Waals surface area contributed by atoms with Gasteiger partial charge in [-0.15, -0.1) is 0 Å². The topological polar surface area (TPSA) is 75.4 Å². The van der Waals surface area contributed by atoms with E-state index in [2.05, 4.69) is 26.1 Å². The summed E-state index contributed by atoms with van der Waals surface area (Å²) in [5.74, 6) is -0.375. The monoisotopic (exact) mass is 401 g/mol. The zero-order chi connectivity index (χ0) is 18.1. The Morgan fingerprint density at radius 3 is 2.28 bits per heavy atom. The van der Waals surface area contributed by atoms with Crippen LogP contribution in [0.3, 0.4) is 0 Å². The molecular formula is C19H20BrN3O2. The number of hydrogen-bond donors (Lipinski definition) is 2. The zero-order valence-corrected chi connectivity index (χ0v) is 15.8. The van der Waals surface area contributed by atoms with Gasteiger partial charge >= 0.3 is 0 Å². The number of rotatable bonds is 5. The van der Waals surface area contributed by atoms with Crippen LogP contribution in [0.2, 0.25) is 0 Å². The van der Waals surface area contributed by atoms with E-state index in [1.807, 2.05) is 14.1 Å². The minimum absolute atomic E-state index is 0.167. The summed E-state index contributed by atoms with van der Waals surface area (Å²) in [5.41, 5.74) is 8.56. The first kappa shape index (κ1) is 17.6. The lowest BCUT2D eigenvalue weighted by atomic mass is 9.82. The maximum Gasteiger partial charge on any atom is 0.196 e. The molecule has 0 radical (unpaired) electrons. The van der Waals surface area contributed by atoms with Crippen LogP contribution >= 0.6 is 15.9 Å². The van der Waals surface area contributed by atoms with E-state index in [4.69, 9.17) is 5.73 Å². The number of carbonyl (C=O) groups is 2. The van der Waals surface area contributed by atoms with Gasteiger partial charge in [0.2, 0.25) is 0 Å². The third kappa shape index (κ3) is 3.19. The molecule has 0 atom stereocenters. The van der Waals surface area contributed by atoms with Gasteiger partial charge in [-0.25, -0.2) is 0 Å². The first-order chi connectivity index (χ1) is 11.9. The molecule has 0 amide bonds. The van der Waals surface area contributed by atoms with Crippen molar-refractivity contribution < 1.29 is 9.59 Å². The van der Waals surface area contributed by atoms with E-state index >= 15 is 0 Å². The molecule has 0 spiro atoms. The molecule has 5 nitrogen and oxygen atoms in total. The number of fused-ring (bicyclic) bond motifs is 2. The highest BCUT2D eigenvalue weighted by atomic mass is 79.9. The predicted octanol–water partition coefficient (Wildman–Crippen LogP) is 3.17. The Balaban J connectivity index is 2.04. The van der Waals surface area contributed by atoms with Crippen molar-refractivity contribution in [3.8, 4) is 0 Å². The number of nitrogens with one attached hydrogen (secondary N) is 1. The Bertz CT molecular complexity index is 862. The molecule has 2 aromatic carbocycles. The molecule has 1 aliphatic carbocycles. The summed E-state index contributed by atoms with van der Waals surface area (Å²) >= 11 is 3.41. The molecule has 6 heteroatoms. The number of nitrogens with two attached hydrogens (primary N) is 1. The van der Waals surface area contributed by atoms with Crippen molar-refractivity contribution in [1.29, 1.82) is 0 Å². The van der Waals surface area contributed by atoms with Gasteiger partial charge in [-0.3, -0.25) is 9.59 Å². The van der Waals surface area contributed by atoms with Crippen LogP contribution in [0.25, 0.3) is 0 Å². The maximum absolute atomic E-state index is 13.0. The van der Waals surface area contributed by atoms with Gasteiger partial charge in [0, 0.05) is 27.8 Å². The highest BCUT2D eigenvalue weighted by Crippen LogP contribution is 2.39. The van der Waals surface area contributed by atoms with Crippen molar-refractivity contribution in [3.05, 3.63) is 57.1 Å². The molecule has 0 bridgehead atoms. The Morgan fingerprint density at radius 2 is 1.68 bits per heavy atom. The summed E-state index contributed by atoms with van der Waals surface area (Å²) in [6.07, 6.45) is 0.919. The van der Waals surface area contributed by atoms with E-state index in [1.54, 1.807) is 30.3 Å². The molecule has 2 aromatic rings. The molecular weight excluding hydrogens is 382 g/mol. The number of ketones is 2. The van der Waals surface area contributed by atoms with Crippen LogP contribution in [0.1, 0.15) is 38.3 Å². The minimum Gasteiger partial charge on any atom is -0.397 e. The van der Waals surface area contributed by atoms with E-state index in [0.29, 0.717) is 39.1 Å². The minimum atomic E-state index is -0.208. The average molecular weight is 402 g/mol. The van der Waals surface area contributed by atoms with Crippen LogP contribution in [0.15, 0.2) is 34.8 Å². The average Bonchev–Trinajstić information content (AvgIpc) is 2.59.